The van der Waals surface area contributed by atoms with Crippen molar-refractivity contribution in [2.24, 2.45) is 0 Å². The molecule has 2 aromatic rings. The fourth-order valence-corrected chi connectivity index (χ4v) is 3.50. The Morgan fingerprint density at radius 2 is 1.43 bits per heavy atom. The normalized spacial score (nSPS) is 14.2. The molecule has 0 spiro atoms. The van der Waals surface area contributed by atoms with Crippen LogP contribution in [0.15, 0.2) is 36.4 Å². The van der Waals surface area contributed by atoms with Gasteiger partial charge >= 0.3 is 0 Å². The molecule has 6 heteroatoms. The Morgan fingerprint density at radius 3 is 1.93 bits per heavy atom. The fourth-order valence-electron chi connectivity index (χ4n) is 3.50. The van der Waals surface area contributed by atoms with Crippen molar-refractivity contribution in [3.8, 4) is 17.2 Å². The van der Waals surface area contributed by atoms with Crippen LogP contribution in [0.4, 0.5) is 11.4 Å². The molecule has 28 heavy (non-hydrogen) atoms. The first-order valence-electron chi connectivity index (χ1n) is 9.62. The zero-order chi connectivity index (χ0) is 19.9. The number of carbonyl (C=O) groups excluding carboxylic acids is 1. The summed E-state index contributed by atoms with van der Waals surface area (Å²) >= 11 is 0. The van der Waals surface area contributed by atoms with Gasteiger partial charge in [0.1, 0.15) is 0 Å². The van der Waals surface area contributed by atoms with Gasteiger partial charge < -0.3 is 24.4 Å². The van der Waals surface area contributed by atoms with Crippen LogP contribution in [0, 0.1) is 0 Å². The molecule has 0 aliphatic carbocycles. The van der Waals surface area contributed by atoms with Crippen LogP contribution in [0.1, 0.15) is 36.0 Å². The standard InChI is InChI=1S/C22H28N2O4/c1-26-19-14-16(15-20(27-2)21(19)28-3)22(25)23-17-8-10-18(11-9-17)24-12-6-4-5-7-13-24/h8-11,14-15H,4-7,12-13H2,1-3H3,(H,23,25). The Bertz CT molecular complexity index is 772. The maximum Gasteiger partial charge on any atom is 0.255 e. The van der Waals surface area contributed by atoms with E-state index < -0.39 is 0 Å². The Morgan fingerprint density at radius 1 is 0.857 bits per heavy atom. The highest BCUT2D eigenvalue weighted by molar-refractivity contribution is 6.05. The van der Waals surface area contributed by atoms with Gasteiger partial charge in [-0.05, 0) is 49.2 Å². The summed E-state index contributed by atoms with van der Waals surface area (Å²) < 4.78 is 15.9. The highest BCUT2D eigenvalue weighted by atomic mass is 16.5. The summed E-state index contributed by atoms with van der Waals surface area (Å²) in [6.45, 7) is 2.19. The molecule has 1 saturated heterocycles. The van der Waals surface area contributed by atoms with Gasteiger partial charge in [-0.3, -0.25) is 4.79 Å². The van der Waals surface area contributed by atoms with Gasteiger partial charge in [-0.2, -0.15) is 0 Å². The average molecular weight is 384 g/mol. The SMILES string of the molecule is COc1cc(C(=O)Nc2ccc(N3CCCCCC3)cc2)cc(OC)c1OC. The molecule has 0 saturated carbocycles. The van der Waals surface area contributed by atoms with Gasteiger partial charge in [-0.1, -0.05) is 12.8 Å². The number of methoxy groups -OCH3 is 3. The molecule has 1 heterocycles. The smallest absolute Gasteiger partial charge is 0.255 e. The van der Waals surface area contributed by atoms with Crippen LogP contribution < -0.4 is 24.4 Å². The molecule has 0 radical (unpaired) electrons. The molecule has 1 amide bonds. The first-order chi connectivity index (χ1) is 13.7. The predicted molar refractivity (Wildman–Crippen MR) is 111 cm³/mol. The molecule has 150 valence electrons. The minimum absolute atomic E-state index is 0.234. The quantitative estimate of drug-likeness (QED) is 0.803. The van der Waals surface area contributed by atoms with E-state index in [0.717, 1.165) is 18.8 Å². The number of anilines is 2. The number of rotatable bonds is 6. The molecule has 2 aromatic carbocycles. The Balaban J connectivity index is 1.74. The number of ether oxygens (including phenoxy) is 3. The fraction of sp³-hybridized carbons (Fsp3) is 0.409. The molecule has 0 unspecified atom stereocenters. The van der Waals surface area contributed by atoms with E-state index in [2.05, 4.69) is 22.3 Å². The molecule has 0 bridgehead atoms. The van der Waals surface area contributed by atoms with Crippen LogP contribution in [0.2, 0.25) is 0 Å². The molecule has 1 fully saturated rings. The Kier molecular flexibility index (Phi) is 6.63. The number of hydrogen-bond acceptors (Lipinski definition) is 5. The second-order valence-electron chi connectivity index (χ2n) is 6.82. The van der Waals surface area contributed by atoms with Crippen molar-refractivity contribution in [1.29, 1.82) is 0 Å². The van der Waals surface area contributed by atoms with Crippen molar-refractivity contribution >= 4 is 17.3 Å². The number of nitrogens with zero attached hydrogens (tertiary/aromatic N) is 1. The summed E-state index contributed by atoms with van der Waals surface area (Å²) in [5.74, 6) is 1.12. The summed E-state index contributed by atoms with van der Waals surface area (Å²) in [7, 11) is 4.59. The second kappa shape index (κ2) is 9.35. The zero-order valence-electron chi connectivity index (χ0n) is 16.8. The lowest BCUT2D eigenvalue weighted by Crippen LogP contribution is -2.23. The predicted octanol–water partition coefficient (Wildman–Crippen LogP) is 4.35. The summed E-state index contributed by atoms with van der Waals surface area (Å²) in [4.78, 5) is 15.1. The molecular formula is C22H28N2O4. The van der Waals surface area contributed by atoms with E-state index in [1.165, 1.54) is 52.7 Å². The molecule has 3 rings (SSSR count). The van der Waals surface area contributed by atoms with Crippen LogP contribution in [0.25, 0.3) is 0 Å². The van der Waals surface area contributed by atoms with E-state index in [1.54, 1.807) is 12.1 Å². The lowest BCUT2D eigenvalue weighted by Gasteiger charge is -2.22. The minimum Gasteiger partial charge on any atom is -0.493 e. The van der Waals surface area contributed by atoms with Gasteiger partial charge in [-0.25, -0.2) is 0 Å². The summed E-state index contributed by atoms with van der Waals surface area (Å²) in [6.07, 6.45) is 5.08. The van der Waals surface area contributed by atoms with Crippen LogP contribution in [-0.4, -0.2) is 40.3 Å². The van der Waals surface area contributed by atoms with Crippen molar-refractivity contribution in [1.82, 2.24) is 0 Å². The summed E-state index contributed by atoms with van der Waals surface area (Å²) in [5.41, 5.74) is 2.39. The third kappa shape index (κ3) is 4.50. The lowest BCUT2D eigenvalue weighted by molar-refractivity contribution is 0.102. The van der Waals surface area contributed by atoms with Gasteiger partial charge in [0.25, 0.3) is 5.91 Å². The van der Waals surface area contributed by atoms with Gasteiger partial charge in [0.2, 0.25) is 5.75 Å². The van der Waals surface area contributed by atoms with Crippen molar-refractivity contribution in [3.63, 3.8) is 0 Å². The number of carbonyl (C=O) groups is 1. The molecule has 1 aliphatic rings. The maximum absolute atomic E-state index is 12.7. The maximum atomic E-state index is 12.7. The molecule has 1 aliphatic heterocycles. The van der Waals surface area contributed by atoms with E-state index in [-0.39, 0.29) is 5.91 Å². The van der Waals surface area contributed by atoms with Crippen molar-refractivity contribution < 1.29 is 19.0 Å². The first kappa shape index (κ1) is 19.9. The second-order valence-corrected chi connectivity index (χ2v) is 6.82. The van der Waals surface area contributed by atoms with Crippen molar-refractivity contribution in [2.45, 2.75) is 25.7 Å². The Hall–Kier alpha value is -2.89. The summed E-state index contributed by atoms with van der Waals surface area (Å²) in [5, 5.41) is 2.93. The van der Waals surface area contributed by atoms with Crippen LogP contribution in [0.3, 0.4) is 0 Å². The third-order valence-corrected chi connectivity index (χ3v) is 5.02. The van der Waals surface area contributed by atoms with E-state index in [4.69, 9.17) is 14.2 Å². The summed E-state index contributed by atoms with van der Waals surface area (Å²) in [6, 6.07) is 11.3. The average Bonchev–Trinajstić information content (AvgIpc) is 3.02. The topological polar surface area (TPSA) is 60.0 Å². The van der Waals surface area contributed by atoms with Crippen molar-refractivity contribution in [3.05, 3.63) is 42.0 Å². The lowest BCUT2D eigenvalue weighted by atomic mass is 10.1. The molecular weight excluding hydrogens is 356 g/mol. The molecule has 6 nitrogen and oxygen atoms in total. The van der Waals surface area contributed by atoms with E-state index >= 15 is 0 Å². The molecule has 0 atom stereocenters. The van der Waals surface area contributed by atoms with Crippen LogP contribution in [0.5, 0.6) is 17.2 Å². The Labute approximate surface area is 166 Å². The number of benzene rings is 2. The van der Waals surface area contributed by atoms with Gasteiger partial charge in [0.15, 0.2) is 11.5 Å². The van der Waals surface area contributed by atoms with E-state index in [0.29, 0.717) is 22.8 Å². The number of hydrogen-bond donors (Lipinski definition) is 1. The van der Waals surface area contributed by atoms with Crippen LogP contribution >= 0.6 is 0 Å². The van der Waals surface area contributed by atoms with Gasteiger partial charge in [0.05, 0.1) is 21.3 Å². The van der Waals surface area contributed by atoms with Gasteiger partial charge in [0, 0.05) is 30.0 Å². The molecule has 1 N–H and O–H groups in total. The largest absolute Gasteiger partial charge is 0.493 e. The van der Waals surface area contributed by atoms with E-state index in [1.807, 2.05) is 12.1 Å². The minimum atomic E-state index is -0.234. The monoisotopic (exact) mass is 384 g/mol. The van der Waals surface area contributed by atoms with Gasteiger partial charge in [-0.15, -0.1) is 0 Å². The van der Waals surface area contributed by atoms with Crippen molar-refractivity contribution in [2.75, 3.05) is 44.6 Å². The molecule has 0 aromatic heterocycles. The highest BCUT2D eigenvalue weighted by Gasteiger charge is 2.17. The van der Waals surface area contributed by atoms with Crippen LogP contribution in [-0.2, 0) is 0 Å². The zero-order valence-corrected chi connectivity index (χ0v) is 16.8. The highest BCUT2D eigenvalue weighted by Crippen LogP contribution is 2.38. The number of nitrogens with one attached hydrogen (secondary N) is 1. The number of amides is 1. The first-order valence-corrected chi connectivity index (χ1v) is 9.62. The van der Waals surface area contributed by atoms with E-state index in [9.17, 15) is 4.79 Å². The third-order valence-electron chi connectivity index (χ3n) is 5.02.